The number of pyridine rings is 2. The van der Waals surface area contributed by atoms with Crippen molar-refractivity contribution in [2.24, 2.45) is 45.5 Å². The van der Waals surface area contributed by atoms with Gasteiger partial charge >= 0.3 is 33.3 Å². The van der Waals surface area contributed by atoms with Gasteiger partial charge in [-0.3, -0.25) is 0 Å². The summed E-state index contributed by atoms with van der Waals surface area (Å²) < 4.78 is 0. The van der Waals surface area contributed by atoms with E-state index in [2.05, 4.69) is 145 Å². The quantitative estimate of drug-likeness (QED) is 0.105. The molecule has 8 aliphatic carbocycles. The molecule has 504 valence electrons. The Bertz CT molecular complexity index is 3860. The van der Waals surface area contributed by atoms with Gasteiger partial charge in [0.2, 0.25) is 0 Å². The molecule has 0 amide bonds. The van der Waals surface area contributed by atoms with Gasteiger partial charge in [0.1, 0.15) is 11.5 Å². The SMILES string of the molecule is CC.CC(=Nc1c(C)cc(C)cc1Cl)c1cccc(C(C)=Nc2c(C)cc(C)cc2Cl)n1.CC(C)(C)c1cc(-c2ccccc2-c2cccc(-c3ccccc3-c3cc(C(C)(C)C)cc(C45CC6CC(CC(C6)C4)C5)c3O)n2)c(O)c(C23CC4CC(CC(C4)C2)C3)c1.[Cl][Fe][Cl].[Zr]. The van der Waals surface area contributed by atoms with Crippen LogP contribution in [0.2, 0.25) is 10.0 Å². The van der Waals surface area contributed by atoms with Gasteiger partial charge in [-0.2, -0.15) is 0 Å². The molecule has 0 aliphatic heterocycles. The summed E-state index contributed by atoms with van der Waals surface area (Å²) in [4.78, 5) is 19.8. The molecular formula is C84H96Cl4FeN4O2Zr. The number of aliphatic imine (C=N–C) groups is 2. The van der Waals surface area contributed by atoms with Gasteiger partial charge in [0.05, 0.1) is 55.6 Å². The van der Waals surface area contributed by atoms with Crippen LogP contribution >= 0.6 is 43.4 Å². The summed E-state index contributed by atoms with van der Waals surface area (Å²) in [7, 11) is 9.53. The molecule has 0 spiro atoms. The van der Waals surface area contributed by atoms with Gasteiger partial charge in [-0.25, -0.2) is 20.0 Å². The summed E-state index contributed by atoms with van der Waals surface area (Å²) in [5.74, 6) is 5.71. The maximum absolute atomic E-state index is 12.6. The average molecular weight is 1480 g/mol. The van der Waals surface area contributed by atoms with Crippen molar-refractivity contribution in [2.75, 3.05) is 0 Å². The van der Waals surface area contributed by atoms with Crippen molar-refractivity contribution in [3.05, 3.63) is 199 Å². The Kier molecular flexibility index (Phi) is 23.2. The average Bonchev–Trinajstić information content (AvgIpc) is 0.727. The molecular weight excluding hydrogens is 1390 g/mol. The first kappa shape index (κ1) is 73.8. The second kappa shape index (κ2) is 30.1. The third-order valence-electron chi connectivity index (χ3n) is 21.8. The van der Waals surface area contributed by atoms with Gasteiger partial charge < -0.3 is 10.2 Å². The van der Waals surface area contributed by atoms with Gasteiger partial charge in [0, 0.05) is 59.6 Å². The smallest absolute Gasteiger partial charge is 0 e. The molecule has 0 saturated heterocycles. The number of phenolic OH excluding ortho intramolecular Hbond substituents is 2. The molecule has 6 aromatic carbocycles. The van der Waals surface area contributed by atoms with Gasteiger partial charge in [-0.1, -0.05) is 164 Å². The molecule has 96 heavy (non-hydrogen) atoms. The van der Waals surface area contributed by atoms with Gasteiger partial charge in [-0.05, 0) is 269 Å². The number of rotatable bonds is 10. The molecule has 8 bridgehead atoms. The third-order valence-corrected chi connectivity index (χ3v) is 22.3. The maximum atomic E-state index is 12.6. The Morgan fingerprint density at radius 3 is 1.07 bits per heavy atom. The summed E-state index contributed by atoms with van der Waals surface area (Å²) >= 11 is 13.0. The number of hydrogen-bond donors (Lipinski definition) is 2. The number of phenols is 2. The standard InChI is InChI=1S/C57H65NO2.C25H25Cl2N3.C2H6.2ClH.Fe.Zr/c1-54(2,3)40-24-46(52(59)48(26-40)56-28-34-18-35(29-56)20-36(19-34)30-56)42-12-7-9-14-44(42)50-16-11-17-51(58-50)45-15-10-8-13-43(45)47-25-41(55(4,5)6)27-49(53(47)60)57-31-37-21-38(32-57)23-39(22-37)33-57;1-14-10-16(3)24(20(26)12-14)28-18(5)22-8-7-9-23(30-22)19(6)29-25-17(4)11-15(2)13-21(25)27;1-2;;;;/h7-17,24-27,34-39,59-60H,18-23,28-33H2,1-6H3;7-13H,1-6H3;1-2H3;2*1H;;/q;;;;;+2;/p-2. The number of benzene rings is 6. The van der Waals surface area contributed by atoms with Crippen LogP contribution < -0.4 is 0 Å². The minimum absolute atomic E-state index is 0. The fraction of sp³-hybridized carbons (Fsp3) is 0.429. The number of aryl methyl sites for hydroxylation is 4. The predicted molar refractivity (Wildman–Crippen MR) is 399 cm³/mol. The second-order valence-corrected chi connectivity index (χ2v) is 33.6. The van der Waals surface area contributed by atoms with Crippen LogP contribution in [0.4, 0.5) is 11.4 Å². The molecule has 2 N–H and O–H groups in total. The van der Waals surface area contributed by atoms with E-state index in [0.29, 0.717) is 21.5 Å². The second-order valence-electron chi connectivity index (χ2n) is 30.9. The monoisotopic (exact) mass is 1480 g/mol. The van der Waals surface area contributed by atoms with E-state index in [1.807, 2.05) is 85.7 Å². The summed E-state index contributed by atoms with van der Waals surface area (Å²) in [6.07, 6.45) is 15.5. The summed E-state index contributed by atoms with van der Waals surface area (Å²) in [5, 5.41) is 26.5. The van der Waals surface area contributed by atoms with Crippen molar-refractivity contribution < 1.29 is 49.5 Å². The van der Waals surface area contributed by atoms with Gasteiger partial charge in [-0.15, -0.1) is 0 Å². The number of halogens is 4. The fourth-order valence-corrected chi connectivity index (χ4v) is 19.0. The number of nitrogens with zero attached hydrogens (tertiary/aromatic N) is 4. The summed E-state index contributed by atoms with van der Waals surface area (Å²) in [6, 6.07) is 46.7. The number of aromatic hydroxyl groups is 2. The van der Waals surface area contributed by atoms with Crippen molar-refractivity contribution in [1.29, 1.82) is 0 Å². The van der Waals surface area contributed by atoms with E-state index in [-0.39, 0.29) is 61.0 Å². The minimum Gasteiger partial charge on any atom is 0 e. The van der Waals surface area contributed by atoms with E-state index < -0.39 is 0 Å². The Morgan fingerprint density at radius 2 is 0.760 bits per heavy atom. The zero-order valence-electron chi connectivity index (χ0n) is 58.7. The van der Waals surface area contributed by atoms with Gasteiger partial charge in [0.15, 0.2) is 0 Å². The minimum atomic E-state index is -0.0677. The Balaban J connectivity index is 0.000000235. The molecule has 0 unspecified atom stereocenters. The summed E-state index contributed by atoms with van der Waals surface area (Å²) in [5.41, 5.74) is 21.7. The van der Waals surface area contributed by atoms with Crippen molar-refractivity contribution in [3.8, 4) is 56.3 Å². The van der Waals surface area contributed by atoms with Crippen LogP contribution in [0.1, 0.15) is 202 Å². The van der Waals surface area contributed by atoms with Crippen LogP contribution in [0.25, 0.3) is 44.8 Å². The molecule has 8 fully saturated rings. The van der Waals surface area contributed by atoms with E-state index >= 15 is 0 Å². The third kappa shape index (κ3) is 15.5. The van der Waals surface area contributed by atoms with Crippen LogP contribution in [0.15, 0.2) is 143 Å². The molecule has 8 aromatic rings. The first-order valence-electron chi connectivity index (χ1n) is 34.6. The number of aromatic nitrogens is 2. The predicted octanol–water partition coefficient (Wildman–Crippen LogP) is 25.0. The summed E-state index contributed by atoms with van der Waals surface area (Å²) in [6.45, 7) is 29.8. The normalized spacial score (nSPS) is 23.1. The zero-order valence-corrected chi connectivity index (χ0v) is 65.3. The molecule has 16 rings (SSSR count). The molecule has 8 saturated carbocycles. The van der Waals surface area contributed by atoms with Crippen LogP contribution in [0.5, 0.6) is 11.5 Å². The molecule has 6 nitrogen and oxygen atoms in total. The van der Waals surface area contributed by atoms with Gasteiger partial charge in [0.25, 0.3) is 0 Å². The van der Waals surface area contributed by atoms with Crippen molar-refractivity contribution in [2.45, 2.75) is 196 Å². The number of hydrogen-bond acceptors (Lipinski definition) is 6. The largest absolute Gasteiger partial charge is 0 e. The van der Waals surface area contributed by atoms with Crippen molar-refractivity contribution in [1.82, 2.24) is 9.97 Å². The van der Waals surface area contributed by atoms with Crippen molar-refractivity contribution >= 4 is 66.2 Å². The molecule has 2 aromatic heterocycles. The molecule has 0 radical (unpaired) electrons. The molecule has 8 aliphatic rings. The maximum Gasteiger partial charge on any atom is 0 e. The van der Waals surface area contributed by atoms with Crippen LogP contribution in [0.3, 0.4) is 0 Å². The van der Waals surface area contributed by atoms with E-state index in [1.54, 1.807) is 0 Å². The molecule has 12 heteroatoms. The van der Waals surface area contributed by atoms with Crippen LogP contribution in [-0.2, 0) is 61.0 Å². The van der Waals surface area contributed by atoms with Crippen molar-refractivity contribution in [3.63, 3.8) is 0 Å². The Hall–Kier alpha value is -4.88. The first-order valence-corrected chi connectivity index (χ1v) is 38.4. The Labute approximate surface area is 617 Å². The van der Waals surface area contributed by atoms with E-state index in [9.17, 15) is 10.2 Å². The first-order chi connectivity index (χ1) is 45.2. The topological polar surface area (TPSA) is 91.0 Å². The molecule has 0 atom stereocenters. The van der Waals surface area contributed by atoms with E-state index in [1.165, 1.54) is 99.3 Å². The van der Waals surface area contributed by atoms with E-state index in [0.717, 1.165) is 137 Å². The fourth-order valence-electron chi connectivity index (χ4n) is 18.2. The van der Waals surface area contributed by atoms with Crippen LogP contribution in [-0.4, -0.2) is 31.6 Å². The van der Waals surface area contributed by atoms with E-state index in [4.69, 9.17) is 63.4 Å². The van der Waals surface area contributed by atoms with Crippen LogP contribution in [0, 0.1) is 63.2 Å². The Morgan fingerprint density at radius 1 is 0.448 bits per heavy atom. The zero-order chi connectivity index (χ0) is 68.1. The molecule has 2 heterocycles.